The molecule has 1 aromatic heterocycles. The van der Waals surface area contributed by atoms with Crippen LogP contribution in [0.15, 0.2) is 54.6 Å². The zero-order valence-electron chi connectivity index (χ0n) is 12.4. The highest BCUT2D eigenvalue weighted by molar-refractivity contribution is 14.2. The minimum atomic E-state index is 0.424. The van der Waals surface area contributed by atoms with Gasteiger partial charge in [-0.3, -0.25) is 0 Å². The van der Waals surface area contributed by atoms with Crippen LogP contribution in [0.25, 0.3) is 22.2 Å². The van der Waals surface area contributed by atoms with Crippen molar-refractivity contribution in [3.8, 4) is 17.0 Å². The number of nitrogens with zero attached hydrogens (tertiary/aromatic N) is 2. The largest absolute Gasteiger partial charge is 0.467 e. The molecule has 3 aromatic rings. The molecule has 3 rings (SSSR count). The predicted octanol–water partition coefficient (Wildman–Crippen LogP) is 5.29. The van der Waals surface area contributed by atoms with Crippen molar-refractivity contribution < 1.29 is 4.52 Å². The molecule has 0 aliphatic carbocycles. The van der Waals surface area contributed by atoms with Gasteiger partial charge in [0.1, 0.15) is 12.2 Å². The topological polar surface area (TPSA) is 25.4 Å². The Balaban J connectivity index is 1.96. The molecule has 0 fully saturated rings. The molecule has 2 aromatic carbocycles. The fourth-order valence-corrected chi connectivity index (χ4v) is 3.28. The maximum atomic E-state index is 5.55. The maximum absolute atomic E-state index is 5.55. The summed E-state index contributed by atoms with van der Waals surface area (Å²) < 4.78 is 5.55. The van der Waals surface area contributed by atoms with Gasteiger partial charge < -0.3 is 9.42 Å². The first-order valence-corrected chi connectivity index (χ1v) is 10.9. The second-order valence-electron chi connectivity index (χ2n) is 5.17. The van der Waals surface area contributed by atoms with Gasteiger partial charge in [0.15, 0.2) is 0 Å². The van der Waals surface area contributed by atoms with E-state index in [0.717, 1.165) is 27.9 Å². The molecule has 0 aliphatic heterocycles. The summed E-state index contributed by atoms with van der Waals surface area (Å²) in [5.74, 6) is 0.894. The van der Waals surface area contributed by atoms with E-state index in [9.17, 15) is 0 Å². The molecular weight excluding hydrogens is 406 g/mol. The third kappa shape index (κ3) is 3.33. The Morgan fingerprint density at radius 3 is 2.45 bits per heavy atom. The Hall–Kier alpha value is -1.39. The summed E-state index contributed by atoms with van der Waals surface area (Å²) in [4.78, 5) is 6.84. The number of benzene rings is 2. The summed E-state index contributed by atoms with van der Waals surface area (Å²) in [6.45, 7) is 0.424. The number of fused-ring (bicyclic) bond motifs is 1. The van der Waals surface area contributed by atoms with Gasteiger partial charge in [-0.15, -0.1) is 0 Å². The third-order valence-electron chi connectivity index (χ3n) is 3.50. The van der Waals surface area contributed by atoms with Crippen molar-refractivity contribution in [1.82, 2.24) is 4.98 Å². The predicted molar refractivity (Wildman–Crippen MR) is 104 cm³/mol. The molecule has 0 bridgehead atoms. The van der Waals surface area contributed by atoms with Crippen LogP contribution in [0.3, 0.4) is 0 Å². The van der Waals surface area contributed by atoms with Crippen molar-refractivity contribution in [2.24, 2.45) is 0 Å². The Bertz CT molecular complexity index is 790. The van der Waals surface area contributed by atoms with E-state index in [1.54, 1.807) is 0 Å². The highest BCUT2D eigenvalue weighted by Crippen LogP contribution is 2.30. The summed E-state index contributed by atoms with van der Waals surface area (Å²) in [6.07, 6.45) is 0. The molecule has 1 atom stereocenters. The SMILES string of the molecule is CN(C)c1ccc(-c2ccc3cc(OPI)ccc3n2)cc1. The molecule has 0 radical (unpaired) electrons. The fourth-order valence-electron chi connectivity index (χ4n) is 2.30. The van der Waals surface area contributed by atoms with Gasteiger partial charge >= 0.3 is 0 Å². The first kappa shape index (κ1) is 15.5. The molecule has 0 saturated heterocycles. The molecular formula is C17H16IN2OP. The first-order valence-electron chi connectivity index (χ1n) is 6.88. The zero-order chi connectivity index (χ0) is 15.5. The quantitative estimate of drug-likeness (QED) is 0.422. The third-order valence-corrected chi connectivity index (χ3v) is 4.47. The van der Waals surface area contributed by atoms with Crippen molar-refractivity contribution >= 4 is 45.1 Å². The van der Waals surface area contributed by atoms with Gasteiger partial charge in [0.25, 0.3) is 0 Å². The average molecular weight is 422 g/mol. The lowest BCUT2D eigenvalue weighted by Gasteiger charge is -2.12. The first-order chi connectivity index (χ1) is 10.7. The maximum Gasteiger partial charge on any atom is 0.137 e. The van der Waals surface area contributed by atoms with E-state index in [4.69, 9.17) is 9.51 Å². The molecule has 22 heavy (non-hydrogen) atoms. The van der Waals surface area contributed by atoms with Crippen molar-refractivity contribution in [2.75, 3.05) is 19.0 Å². The zero-order valence-corrected chi connectivity index (χ0v) is 15.5. The molecule has 112 valence electrons. The lowest BCUT2D eigenvalue weighted by atomic mass is 10.1. The van der Waals surface area contributed by atoms with E-state index < -0.39 is 0 Å². The van der Waals surface area contributed by atoms with E-state index in [0.29, 0.717) is 6.45 Å². The standard InChI is InChI=1S/C17H16IN2OP/c1-20(2)14-6-3-12(4-7-14)16-9-5-13-11-15(21-22-18)8-10-17(13)19-16/h3-11,22H,1-2H3. The van der Waals surface area contributed by atoms with Crippen LogP contribution >= 0.6 is 28.5 Å². The van der Waals surface area contributed by atoms with Crippen LogP contribution in [0.1, 0.15) is 0 Å². The van der Waals surface area contributed by atoms with Crippen LogP contribution in [-0.2, 0) is 0 Å². The minimum Gasteiger partial charge on any atom is -0.467 e. The highest BCUT2D eigenvalue weighted by atomic mass is 127. The lowest BCUT2D eigenvalue weighted by Crippen LogP contribution is -2.07. The van der Waals surface area contributed by atoms with E-state index in [1.165, 1.54) is 5.69 Å². The van der Waals surface area contributed by atoms with Crippen LogP contribution < -0.4 is 9.42 Å². The van der Waals surface area contributed by atoms with Crippen molar-refractivity contribution in [3.05, 3.63) is 54.6 Å². The molecule has 1 unspecified atom stereocenters. The summed E-state index contributed by atoms with van der Waals surface area (Å²) >= 11 is 2.22. The minimum absolute atomic E-state index is 0.424. The van der Waals surface area contributed by atoms with Crippen LogP contribution in [-0.4, -0.2) is 19.1 Å². The Morgan fingerprint density at radius 2 is 1.77 bits per heavy atom. The molecule has 1 heterocycles. The van der Waals surface area contributed by atoms with Crippen LogP contribution in [0, 0.1) is 0 Å². The summed E-state index contributed by atoms with van der Waals surface area (Å²) in [6, 6.07) is 18.6. The summed E-state index contributed by atoms with van der Waals surface area (Å²) in [7, 11) is 4.08. The molecule has 0 aliphatic rings. The second-order valence-corrected chi connectivity index (χ2v) is 6.85. The van der Waals surface area contributed by atoms with Gasteiger partial charge in [-0.25, -0.2) is 4.98 Å². The number of aromatic nitrogens is 1. The highest BCUT2D eigenvalue weighted by Gasteiger charge is 2.04. The van der Waals surface area contributed by atoms with E-state index in [2.05, 4.69) is 63.3 Å². The summed E-state index contributed by atoms with van der Waals surface area (Å²) in [5, 5.41) is 1.10. The van der Waals surface area contributed by atoms with Gasteiger partial charge in [0.05, 0.1) is 11.2 Å². The summed E-state index contributed by atoms with van der Waals surface area (Å²) in [5.41, 5.74) is 4.29. The number of pyridine rings is 1. The molecule has 0 saturated carbocycles. The van der Waals surface area contributed by atoms with Crippen molar-refractivity contribution in [1.29, 1.82) is 0 Å². The smallest absolute Gasteiger partial charge is 0.137 e. The number of hydrogen-bond donors (Lipinski definition) is 0. The Morgan fingerprint density at radius 1 is 1.00 bits per heavy atom. The lowest BCUT2D eigenvalue weighted by molar-refractivity contribution is 0.646. The number of rotatable bonds is 4. The molecule has 0 N–H and O–H groups in total. The van der Waals surface area contributed by atoms with Gasteiger partial charge in [-0.1, -0.05) is 18.2 Å². The van der Waals surface area contributed by atoms with Crippen LogP contribution in [0.5, 0.6) is 5.75 Å². The van der Waals surface area contributed by atoms with E-state index in [-0.39, 0.29) is 0 Å². The van der Waals surface area contributed by atoms with Gasteiger partial charge in [-0.2, -0.15) is 0 Å². The van der Waals surface area contributed by atoms with Gasteiger partial charge in [0.2, 0.25) is 0 Å². The van der Waals surface area contributed by atoms with Crippen LogP contribution in [0.2, 0.25) is 0 Å². The fraction of sp³-hybridized carbons (Fsp3) is 0.118. The number of halogens is 1. The molecule has 3 nitrogen and oxygen atoms in total. The van der Waals surface area contributed by atoms with Crippen LogP contribution in [0.4, 0.5) is 5.69 Å². The van der Waals surface area contributed by atoms with Gasteiger partial charge in [-0.05, 0) is 58.4 Å². The van der Waals surface area contributed by atoms with Crippen molar-refractivity contribution in [3.63, 3.8) is 0 Å². The van der Waals surface area contributed by atoms with Crippen molar-refractivity contribution in [2.45, 2.75) is 0 Å². The normalized spacial score (nSPS) is 11.2. The molecule has 0 spiro atoms. The molecule has 0 amide bonds. The van der Waals surface area contributed by atoms with E-state index >= 15 is 0 Å². The Labute approximate surface area is 145 Å². The molecule has 5 heteroatoms. The number of anilines is 1. The van der Waals surface area contributed by atoms with Gasteiger partial charge in [0, 0.05) is 30.7 Å². The Kier molecular flexibility index (Phi) is 4.79. The van der Waals surface area contributed by atoms with E-state index in [1.807, 2.05) is 32.3 Å². The number of hydrogen-bond acceptors (Lipinski definition) is 3. The average Bonchev–Trinajstić information content (AvgIpc) is 2.55. The monoisotopic (exact) mass is 422 g/mol. The second kappa shape index (κ2) is 6.80.